The molecule has 0 saturated heterocycles. The van der Waals surface area contributed by atoms with Crippen LogP contribution in [0.1, 0.15) is 12.5 Å². The number of rotatable bonds is 6. The first-order valence-electron chi connectivity index (χ1n) is 6.67. The van der Waals surface area contributed by atoms with Gasteiger partial charge in [0.15, 0.2) is 4.34 Å². The standard InChI is InChI=1S/C14H17FN4OS2/c1-9(21-14-18-17-13(16-2)22-14)12(20)19(3)8-10-5-4-6-11(15)7-10/h4-7,9H,8H2,1-3H3,(H,16,17)/t9-/m0/s1. The van der Waals surface area contributed by atoms with Crippen LogP contribution in [0.15, 0.2) is 28.6 Å². The summed E-state index contributed by atoms with van der Waals surface area (Å²) >= 11 is 2.78. The van der Waals surface area contributed by atoms with Gasteiger partial charge in [-0.3, -0.25) is 4.79 Å². The van der Waals surface area contributed by atoms with E-state index < -0.39 is 0 Å². The SMILES string of the molecule is CNc1nnc(S[C@@H](C)C(=O)N(C)Cc2cccc(F)c2)s1. The molecule has 2 rings (SSSR count). The first-order valence-corrected chi connectivity index (χ1v) is 8.36. The molecule has 1 aromatic carbocycles. The van der Waals surface area contributed by atoms with E-state index in [0.29, 0.717) is 6.54 Å². The number of benzene rings is 1. The third-order valence-electron chi connectivity index (χ3n) is 2.93. The third kappa shape index (κ3) is 4.41. The Kier molecular flexibility index (Phi) is 5.73. The molecular weight excluding hydrogens is 323 g/mol. The van der Waals surface area contributed by atoms with Crippen LogP contribution in [0.25, 0.3) is 0 Å². The van der Waals surface area contributed by atoms with Gasteiger partial charge in [0.2, 0.25) is 11.0 Å². The van der Waals surface area contributed by atoms with Crippen LogP contribution in [0.3, 0.4) is 0 Å². The number of thioether (sulfide) groups is 1. The molecular formula is C14H17FN4OS2. The Morgan fingerprint density at radius 2 is 2.27 bits per heavy atom. The van der Waals surface area contributed by atoms with Crippen molar-refractivity contribution in [3.63, 3.8) is 0 Å². The Morgan fingerprint density at radius 1 is 1.50 bits per heavy atom. The molecule has 0 spiro atoms. The van der Waals surface area contributed by atoms with Gasteiger partial charge in [-0.2, -0.15) is 0 Å². The zero-order valence-corrected chi connectivity index (χ0v) is 14.2. The first kappa shape index (κ1) is 16.7. The molecule has 0 radical (unpaired) electrons. The summed E-state index contributed by atoms with van der Waals surface area (Å²) in [6, 6.07) is 6.26. The number of hydrogen-bond donors (Lipinski definition) is 1. The lowest BCUT2D eigenvalue weighted by molar-refractivity contribution is -0.129. The number of carbonyl (C=O) groups is 1. The molecule has 0 aliphatic carbocycles. The summed E-state index contributed by atoms with van der Waals surface area (Å²) in [5.74, 6) is -0.329. The maximum atomic E-state index is 13.2. The summed E-state index contributed by atoms with van der Waals surface area (Å²) in [6.07, 6.45) is 0. The fourth-order valence-electron chi connectivity index (χ4n) is 1.86. The molecule has 1 atom stereocenters. The molecule has 22 heavy (non-hydrogen) atoms. The minimum atomic E-state index is -0.297. The number of nitrogens with one attached hydrogen (secondary N) is 1. The molecule has 0 aliphatic rings. The molecule has 8 heteroatoms. The van der Waals surface area contributed by atoms with Crippen LogP contribution in [-0.2, 0) is 11.3 Å². The van der Waals surface area contributed by atoms with Gasteiger partial charge >= 0.3 is 0 Å². The van der Waals surface area contributed by atoms with Crippen LogP contribution >= 0.6 is 23.1 Å². The summed E-state index contributed by atoms with van der Waals surface area (Å²) < 4.78 is 13.9. The van der Waals surface area contributed by atoms with Gasteiger partial charge in [-0.05, 0) is 24.6 Å². The second kappa shape index (κ2) is 7.55. The van der Waals surface area contributed by atoms with Gasteiger partial charge in [-0.15, -0.1) is 10.2 Å². The summed E-state index contributed by atoms with van der Waals surface area (Å²) in [5, 5.41) is 11.3. The largest absolute Gasteiger partial charge is 0.363 e. The smallest absolute Gasteiger partial charge is 0.235 e. The lowest BCUT2D eigenvalue weighted by Crippen LogP contribution is -2.32. The zero-order valence-electron chi connectivity index (χ0n) is 12.5. The van der Waals surface area contributed by atoms with Gasteiger partial charge in [0.1, 0.15) is 5.82 Å². The van der Waals surface area contributed by atoms with Crippen molar-refractivity contribution in [1.82, 2.24) is 15.1 Å². The van der Waals surface area contributed by atoms with Crippen LogP contribution in [0.2, 0.25) is 0 Å². The molecule has 1 N–H and O–H groups in total. The molecule has 0 unspecified atom stereocenters. The van der Waals surface area contributed by atoms with E-state index in [-0.39, 0.29) is 17.0 Å². The zero-order chi connectivity index (χ0) is 16.1. The van der Waals surface area contributed by atoms with Crippen molar-refractivity contribution in [1.29, 1.82) is 0 Å². The fraction of sp³-hybridized carbons (Fsp3) is 0.357. The quantitative estimate of drug-likeness (QED) is 0.820. The molecule has 118 valence electrons. The Labute approximate surface area is 136 Å². The highest BCUT2D eigenvalue weighted by atomic mass is 32.2. The van der Waals surface area contributed by atoms with E-state index in [0.717, 1.165) is 15.0 Å². The number of carbonyl (C=O) groups excluding carboxylic acids is 1. The molecule has 2 aromatic rings. The fourth-order valence-corrected chi connectivity index (χ4v) is 3.82. The molecule has 5 nitrogen and oxygen atoms in total. The average molecular weight is 340 g/mol. The van der Waals surface area contributed by atoms with Gasteiger partial charge in [-0.1, -0.05) is 35.2 Å². The second-order valence-corrected chi connectivity index (χ2v) is 7.27. The third-order valence-corrected chi connectivity index (χ3v) is 5.04. The normalized spacial score (nSPS) is 12.0. The van der Waals surface area contributed by atoms with Crippen molar-refractivity contribution in [3.8, 4) is 0 Å². The predicted octanol–water partition coefficient (Wildman–Crippen LogP) is 2.86. The molecule has 0 fully saturated rings. The van der Waals surface area contributed by atoms with E-state index in [4.69, 9.17) is 0 Å². The summed E-state index contributed by atoms with van der Waals surface area (Å²) in [6.45, 7) is 2.20. The number of anilines is 1. The molecule has 0 saturated carbocycles. The first-order chi connectivity index (χ1) is 10.5. The van der Waals surface area contributed by atoms with E-state index in [2.05, 4.69) is 15.5 Å². The predicted molar refractivity (Wildman–Crippen MR) is 87.6 cm³/mol. The summed E-state index contributed by atoms with van der Waals surface area (Å²) in [7, 11) is 3.49. The van der Waals surface area contributed by atoms with E-state index >= 15 is 0 Å². The highest BCUT2D eigenvalue weighted by molar-refractivity contribution is 8.02. The van der Waals surface area contributed by atoms with Gasteiger partial charge in [0.25, 0.3) is 0 Å². The molecule has 0 aliphatic heterocycles. The summed E-state index contributed by atoms with van der Waals surface area (Å²) in [4.78, 5) is 14.0. The van der Waals surface area contributed by atoms with Gasteiger partial charge in [0, 0.05) is 20.6 Å². The molecule has 1 aromatic heterocycles. The number of aromatic nitrogens is 2. The molecule has 1 heterocycles. The van der Waals surface area contributed by atoms with Gasteiger partial charge in [-0.25, -0.2) is 4.39 Å². The Morgan fingerprint density at radius 3 is 2.91 bits per heavy atom. The molecule has 1 amide bonds. The van der Waals surface area contributed by atoms with E-state index in [1.807, 2.05) is 6.92 Å². The highest BCUT2D eigenvalue weighted by Gasteiger charge is 2.20. The minimum Gasteiger partial charge on any atom is -0.363 e. The Balaban J connectivity index is 1.94. The number of hydrogen-bond acceptors (Lipinski definition) is 6. The number of nitrogens with zero attached hydrogens (tertiary/aromatic N) is 3. The minimum absolute atomic E-state index is 0.0320. The van der Waals surface area contributed by atoms with Crippen LogP contribution in [0.5, 0.6) is 0 Å². The average Bonchev–Trinajstić information content (AvgIpc) is 2.94. The van der Waals surface area contributed by atoms with Crippen molar-refractivity contribution in [2.75, 3.05) is 19.4 Å². The number of amides is 1. The van der Waals surface area contributed by atoms with Crippen LogP contribution < -0.4 is 5.32 Å². The maximum Gasteiger partial charge on any atom is 0.235 e. The van der Waals surface area contributed by atoms with E-state index in [1.54, 1.807) is 31.1 Å². The van der Waals surface area contributed by atoms with Crippen molar-refractivity contribution in [2.24, 2.45) is 0 Å². The molecule has 0 bridgehead atoms. The van der Waals surface area contributed by atoms with E-state index in [1.165, 1.54) is 35.2 Å². The van der Waals surface area contributed by atoms with Crippen molar-refractivity contribution >= 4 is 34.1 Å². The van der Waals surface area contributed by atoms with Crippen molar-refractivity contribution < 1.29 is 9.18 Å². The van der Waals surface area contributed by atoms with Crippen LogP contribution in [0, 0.1) is 5.82 Å². The van der Waals surface area contributed by atoms with Crippen LogP contribution in [-0.4, -0.2) is 40.3 Å². The Hall–Kier alpha value is -1.67. The van der Waals surface area contributed by atoms with Crippen molar-refractivity contribution in [3.05, 3.63) is 35.6 Å². The lowest BCUT2D eigenvalue weighted by atomic mass is 10.2. The number of halogens is 1. The van der Waals surface area contributed by atoms with Crippen molar-refractivity contribution in [2.45, 2.75) is 23.1 Å². The highest BCUT2D eigenvalue weighted by Crippen LogP contribution is 2.29. The second-order valence-electron chi connectivity index (χ2n) is 4.71. The monoisotopic (exact) mass is 340 g/mol. The Bertz CT molecular complexity index is 649. The lowest BCUT2D eigenvalue weighted by Gasteiger charge is -2.20. The van der Waals surface area contributed by atoms with E-state index in [9.17, 15) is 9.18 Å². The van der Waals surface area contributed by atoms with Crippen LogP contribution in [0.4, 0.5) is 9.52 Å². The summed E-state index contributed by atoms with van der Waals surface area (Å²) in [5.41, 5.74) is 0.765. The van der Waals surface area contributed by atoms with Gasteiger partial charge in [0.05, 0.1) is 5.25 Å². The topological polar surface area (TPSA) is 58.1 Å². The van der Waals surface area contributed by atoms with Gasteiger partial charge < -0.3 is 10.2 Å². The maximum absolute atomic E-state index is 13.2.